The first-order valence-corrected chi connectivity index (χ1v) is 15.1. The molecule has 1 amide bonds. The number of rotatable bonds is 10. The molecule has 0 aliphatic carbocycles. The topological polar surface area (TPSA) is 68.5 Å². The highest BCUT2D eigenvalue weighted by atomic mass is 16.5. The SMILES string of the molecule is CCOc1cccc(-c2ccc3nc(-c4ccc(OC)cc4)c(CCC(=O)N4CCN(c5ccccc5OC)CC4)n3c2)c1. The predicted molar refractivity (Wildman–Crippen MR) is 174 cm³/mol. The summed E-state index contributed by atoms with van der Waals surface area (Å²) in [5.74, 6) is 2.64. The fourth-order valence-electron chi connectivity index (χ4n) is 5.89. The lowest BCUT2D eigenvalue weighted by Gasteiger charge is -2.36. The lowest BCUT2D eigenvalue weighted by atomic mass is 10.1. The van der Waals surface area contributed by atoms with Gasteiger partial charge >= 0.3 is 0 Å². The molecule has 1 aliphatic heterocycles. The fraction of sp³-hybridized carbons (Fsp3) is 0.278. The second kappa shape index (κ2) is 13.1. The first-order valence-electron chi connectivity index (χ1n) is 15.1. The number of methoxy groups -OCH3 is 2. The number of para-hydroxylation sites is 2. The van der Waals surface area contributed by atoms with Gasteiger partial charge in [-0.25, -0.2) is 4.98 Å². The number of carbonyl (C=O) groups is 1. The summed E-state index contributed by atoms with van der Waals surface area (Å²) in [6.45, 7) is 5.49. The van der Waals surface area contributed by atoms with Crippen LogP contribution >= 0.6 is 0 Å². The number of hydrogen-bond donors (Lipinski definition) is 0. The maximum atomic E-state index is 13.5. The molecule has 3 aromatic carbocycles. The van der Waals surface area contributed by atoms with Crippen molar-refractivity contribution < 1.29 is 19.0 Å². The lowest BCUT2D eigenvalue weighted by molar-refractivity contribution is -0.131. The minimum Gasteiger partial charge on any atom is -0.497 e. The molecular formula is C36H38N4O4. The van der Waals surface area contributed by atoms with Crippen molar-refractivity contribution in [2.24, 2.45) is 0 Å². The maximum absolute atomic E-state index is 13.5. The van der Waals surface area contributed by atoms with E-state index < -0.39 is 0 Å². The van der Waals surface area contributed by atoms with Crippen LogP contribution in [-0.4, -0.2) is 67.2 Å². The molecule has 0 spiro atoms. The average Bonchev–Trinajstić information content (AvgIpc) is 3.45. The van der Waals surface area contributed by atoms with E-state index in [-0.39, 0.29) is 5.91 Å². The molecule has 0 N–H and O–H groups in total. The zero-order valence-electron chi connectivity index (χ0n) is 25.5. The number of imidazole rings is 1. The molecule has 1 fully saturated rings. The van der Waals surface area contributed by atoms with E-state index in [0.29, 0.717) is 32.5 Å². The number of nitrogens with zero attached hydrogens (tertiary/aromatic N) is 4. The summed E-state index contributed by atoms with van der Waals surface area (Å²) < 4.78 is 18.8. The number of anilines is 1. The van der Waals surface area contributed by atoms with Crippen LogP contribution in [0.25, 0.3) is 28.0 Å². The van der Waals surface area contributed by atoms with Gasteiger partial charge in [-0.2, -0.15) is 0 Å². The Bertz CT molecular complexity index is 1740. The molecule has 3 heterocycles. The molecular weight excluding hydrogens is 552 g/mol. The third kappa shape index (κ3) is 6.06. The fourth-order valence-corrected chi connectivity index (χ4v) is 5.89. The van der Waals surface area contributed by atoms with Crippen LogP contribution in [-0.2, 0) is 11.2 Å². The predicted octanol–water partition coefficient (Wildman–Crippen LogP) is 6.37. The summed E-state index contributed by atoms with van der Waals surface area (Å²) in [4.78, 5) is 22.8. The summed E-state index contributed by atoms with van der Waals surface area (Å²) in [6, 6.07) is 28.2. The van der Waals surface area contributed by atoms with Gasteiger partial charge in [0, 0.05) is 44.4 Å². The number of aromatic nitrogens is 2. The maximum Gasteiger partial charge on any atom is 0.223 e. The van der Waals surface area contributed by atoms with Gasteiger partial charge in [0.15, 0.2) is 0 Å². The minimum absolute atomic E-state index is 0.154. The lowest BCUT2D eigenvalue weighted by Crippen LogP contribution is -2.49. The molecule has 226 valence electrons. The van der Waals surface area contributed by atoms with Crippen LogP contribution in [0.5, 0.6) is 17.2 Å². The van der Waals surface area contributed by atoms with Gasteiger partial charge < -0.3 is 28.4 Å². The average molecular weight is 591 g/mol. The first-order chi connectivity index (χ1) is 21.6. The van der Waals surface area contributed by atoms with Gasteiger partial charge in [0.1, 0.15) is 22.9 Å². The minimum atomic E-state index is 0.154. The molecule has 8 nitrogen and oxygen atoms in total. The Hall–Kier alpha value is -4.98. The summed E-state index contributed by atoms with van der Waals surface area (Å²) in [7, 11) is 3.36. The Labute approximate surface area is 258 Å². The Kier molecular flexibility index (Phi) is 8.68. The van der Waals surface area contributed by atoms with E-state index in [4.69, 9.17) is 19.2 Å². The number of aryl methyl sites for hydroxylation is 1. The Morgan fingerprint density at radius 3 is 2.32 bits per heavy atom. The molecule has 0 bridgehead atoms. The molecule has 0 saturated carbocycles. The van der Waals surface area contributed by atoms with Gasteiger partial charge in [-0.3, -0.25) is 4.79 Å². The van der Waals surface area contributed by atoms with E-state index in [1.807, 2.05) is 72.5 Å². The normalized spacial score (nSPS) is 13.2. The number of ether oxygens (including phenoxy) is 3. The van der Waals surface area contributed by atoms with Crippen molar-refractivity contribution in [2.45, 2.75) is 19.8 Å². The van der Waals surface area contributed by atoms with Crippen molar-refractivity contribution in [1.82, 2.24) is 14.3 Å². The number of fused-ring (bicyclic) bond motifs is 1. The molecule has 1 saturated heterocycles. The van der Waals surface area contributed by atoms with Crippen LogP contribution in [0.2, 0.25) is 0 Å². The van der Waals surface area contributed by atoms with Crippen molar-refractivity contribution in [3.05, 3.63) is 96.8 Å². The molecule has 1 aliphatic rings. The molecule has 5 aromatic rings. The van der Waals surface area contributed by atoms with Crippen molar-refractivity contribution in [1.29, 1.82) is 0 Å². The van der Waals surface area contributed by atoms with Gasteiger partial charge in [-0.05, 0) is 85.1 Å². The van der Waals surface area contributed by atoms with Crippen LogP contribution in [0, 0.1) is 0 Å². The monoisotopic (exact) mass is 590 g/mol. The molecule has 0 radical (unpaired) electrons. The third-order valence-electron chi connectivity index (χ3n) is 8.19. The number of carbonyl (C=O) groups excluding carboxylic acids is 1. The highest BCUT2D eigenvalue weighted by Gasteiger charge is 2.24. The van der Waals surface area contributed by atoms with E-state index in [1.54, 1.807) is 14.2 Å². The van der Waals surface area contributed by atoms with Crippen molar-refractivity contribution in [3.8, 4) is 39.6 Å². The summed E-state index contributed by atoms with van der Waals surface area (Å²) in [5.41, 5.74) is 6.90. The van der Waals surface area contributed by atoms with Crippen molar-refractivity contribution in [2.75, 3.05) is 51.9 Å². The zero-order chi connectivity index (χ0) is 30.5. The smallest absolute Gasteiger partial charge is 0.223 e. The van der Waals surface area contributed by atoms with E-state index in [1.165, 1.54) is 0 Å². The van der Waals surface area contributed by atoms with Gasteiger partial charge in [-0.1, -0.05) is 24.3 Å². The van der Waals surface area contributed by atoms with Crippen LogP contribution in [0.3, 0.4) is 0 Å². The van der Waals surface area contributed by atoms with E-state index >= 15 is 0 Å². The van der Waals surface area contributed by atoms with E-state index in [0.717, 1.165) is 69.8 Å². The van der Waals surface area contributed by atoms with Crippen LogP contribution in [0.4, 0.5) is 5.69 Å². The Morgan fingerprint density at radius 1 is 0.795 bits per heavy atom. The third-order valence-corrected chi connectivity index (χ3v) is 8.19. The molecule has 8 heteroatoms. The van der Waals surface area contributed by atoms with Gasteiger partial charge in [0.25, 0.3) is 0 Å². The Morgan fingerprint density at radius 2 is 1.57 bits per heavy atom. The number of pyridine rings is 1. The van der Waals surface area contributed by atoms with Gasteiger partial charge in [0.05, 0.1) is 37.9 Å². The number of benzene rings is 3. The standard InChI is InChI=1S/C36H38N4O4/c1-4-44-30-9-7-8-27(24-30)28-14-18-34-37-36(26-12-15-29(42-2)16-13-26)32(40(34)25-28)17-19-35(41)39-22-20-38(21-23-39)31-10-5-6-11-33(31)43-3/h5-16,18,24-25H,4,17,19-23H2,1-3H3. The van der Waals surface area contributed by atoms with Crippen molar-refractivity contribution in [3.63, 3.8) is 0 Å². The Balaban J connectivity index is 1.25. The van der Waals surface area contributed by atoms with Crippen molar-refractivity contribution >= 4 is 17.2 Å². The van der Waals surface area contributed by atoms with Gasteiger partial charge in [0.2, 0.25) is 5.91 Å². The van der Waals surface area contributed by atoms with Crippen LogP contribution in [0.1, 0.15) is 19.0 Å². The molecule has 2 aromatic heterocycles. The summed E-state index contributed by atoms with van der Waals surface area (Å²) in [6.07, 6.45) is 3.08. The van der Waals surface area contributed by atoms with Crippen LogP contribution in [0.15, 0.2) is 91.1 Å². The summed E-state index contributed by atoms with van der Waals surface area (Å²) in [5, 5.41) is 0. The highest BCUT2D eigenvalue weighted by Crippen LogP contribution is 2.31. The second-order valence-corrected chi connectivity index (χ2v) is 10.8. The van der Waals surface area contributed by atoms with E-state index in [9.17, 15) is 4.79 Å². The molecule has 0 unspecified atom stereocenters. The van der Waals surface area contributed by atoms with E-state index in [2.05, 4.69) is 39.8 Å². The summed E-state index contributed by atoms with van der Waals surface area (Å²) >= 11 is 0. The molecule has 0 atom stereocenters. The molecule has 6 rings (SSSR count). The second-order valence-electron chi connectivity index (χ2n) is 10.8. The number of hydrogen-bond acceptors (Lipinski definition) is 6. The number of piperazine rings is 1. The molecule has 44 heavy (non-hydrogen) atoms. The zero-order valence-corrected chi connectivity index (χ0v) is 25.5. The van der Waals surface area contributed by atoms with Gasteiger partial charge in [-0.15, -0.1) is 0 Å². The quantitative estimate of drug-likeness (QED) is 0.188. The first kappa shape index (κ1) is 29.1. The largest absolute Gasteiger partial charge is 0.497 e. The number of amides is 1. The van der Waals surface area contributed by atoms with Crippen LogP contribution < -0.4 is 19.1 Å². The highest BCUT2D eigenvalue weighted by molar-refractivity contribution is 5.78.